The lowest BCUT2D eigenvalue weighted by molar-refractivity contribution is -0.129. The molecular formula is C18H33ClFN5O3S. The fourth-order valence-corrected chi connectivity index (χ4v) is 6.58. The molecule has 5 N–H and O–H groups in total. The number of carbonyl (C=O) groups excluding carboxylic acids is 1. The van der Waals surface area contributed by atoms with Gasteiger partial charge in [-0.1, -0.05) is 6.42 Å². The van der Waals surface area contributed by atoms with Crippen LogP contribution in [0.25, 0.3) is 0 Å². The second-order valence-electron chi connectivity index (χ2n) is 8.97. The second-order valence-corrected chi connectivity index (χ2v) is 11.3. The zero-order valence-electron chi connectivity index (χ0n) is 16.8. The Kier molecular flexibility index (Phi) is 7.77. The number of likely N-dealkylation sites (N-methyl/N-ethyl adjacent to an activating group) is 1. The first kappa shape index (κ1) is 23.1. The van der Waals surface area contributed by atoms with Crippen molar-refractivity contribution in [2.24, 2.45) is 23.5 Å². The molecule has 0 aromatic carbocycles. The van der Waals surface area contributed by atoms with E-state index in [-0.39, 0.29) is 29.7 Å². The maximum absolute atomic E-state index is 14.6. The molecular weight excluding hydrogens is 421 g/mol. The van der Waals surface area contributed by atoms with E-state index in [1.54, 1.807) is 0 Å². The van der Waals surface area contributed by atoms with Gasteiger partial charge in [-0.3, -0.25) is 20.4 Å². The first-order chi connectivity index (χ1) is 13.6. The van der Waals surface area contributed by atoms with E-state index in [0.717, 1.165) is 32.5 Å². The van der Waals surface area contributed by atoms with Crippen LogP contribution < -0.4 is 21.3 Å². The van der Waals surface area contributed by atoms with Gasteiger partial charge >= 0.3 is 0 Å². The molecule has 1 amide bonds. The van der Waals surface area contributed by atoms with E-state index in [4.69, 9.17) is 17.3 Å². The van der Waals surface area contributed by atoms with E-state index in [1.807, 2.05) is 7.05 Å². The van der Waals surface area contributed by atoms with Crippen LogP contribution in [0.5, 0.6) is 0 Å². The van der Waals surface area contributed by atoms with Gasteiger partial charge in [0.05, 0.1) is 17.0 Å². The molecule has 3 rings (SSSR count). The number of carbonyl (C=O) groups is 1. The molecule has 7 unspecified atom stereocenters. The molecule has 29 heavy (non-hydrogen) atoms. The number of nitrogens with zero attached hydrogens (tertiary/aromatic N) is 1. The van der Waals surface area contributed by atoms with Crippen molar-refractivity contribution in [2.45, 2.75) is 62.2 Å². The van der Waals surface area contributed by atoms with Crippen molar-refractivity contribution >= 4 is 27.5 Å². The van der Waals surface area contributed by atoms with Crippen molar-refractivity contribution < 1.29 is 17.6 Å². The Balaban J connectivity index is 1.54. The molecule has 0 bridgehead atoms. The van der Waals surface area contributed by atoms with Gasteiger partial charge in [-0.05, 0) is 51.0 Å². The summed E-state index contributed by atoms with van der Waals surface area (Å²) >= 11 is 6.20. The number of nitrogens with two attached hydrogens (primary N) is 1. The zero-order chi connectivity index (χ0) is 21.2. The van der Waals surface area contributed by atoms with Crippen LogP contribution in [0.15, 0.2) is 0 Å². The quantitative estimate of drug-likeness (QED) is 0.339. The highest BCUT2D eigenvalue weighted by molar-refractivity contribution is 7.89. The SMILES string of the molecule is CN1CNC(C2CC(Cl)C(F)C(C(=O)NNS(=O)(=O)CC3CCCC(N)C3)C2)C1. The molecule has 8 nitrogen and oxygen atoms in total. The Morgan fingerprint density at radius 2 is 2.07 bits per heavy atom. The van der Waals surface area contributed by atoms with Crippen molar-refractivity contribution in [2.75, 3.05) is 26.0 Å². The van der Waals surface area contributed by atoms with E-state index < -0.39 is 33.4 Å². The third-order valence-electron chi connectivity index (χ3n) is 6.46. The summed E-state index contributed by atoms with van der Waals surface area (Å²) in [7, 11) is -1.73. The van der Waals surface area contributed by atoms with Gasteiger partial charge in [0.25, 0.3) is 0 Å². The lowest BCUT2D eigenvalue weighted by Crippen LogP contribution is -2.52. The lowest BCUT2D eigenvalue weighted by atomic mass is 9.76. The highest BCUT2D eigenvalue weighted by atomic mass is 35.5. The van der Waals surface area contributed by atoms with Crippen molar-refractivity contribution in [1.29, 1.82) is 0 Å². The van der Waals surface area contributed by atoms with Gasteiger partial charge in [-0.25, -0.2) is 12.8 Å². The molecule has 1 aliphatic heterocycles. The number of sulfonamides is 1. The predicted octanol–water partition coefficient (Wildman–Crippen LogP) is 0.287. The Morgan fingerprint density at radius 1 is 1.31 bits per heavy atom. The monoisotopic (exact) mass is 453 g/mol. The molecule has 0 spiro atoms. The minimum absolute atomic E-state index is 0.0221. The minimum atomic E-state index is -3.72. The number of hydrazine groups is 1. The number of alkyl halides is 2. The maximum Gasteiger partial charge on any atom is 0.241 e. The normalized spacial score (nSPS) is 39.4. The van der Waals surface area contributed by atoms with E-state index >= 15 is 0 Å². The van der Waals surface area contributed by atoms with Crippen LogP contribution in [0, 0.1) is 17.8 Å². The molecule has 0 radical (unpaired) electrons. The largest absolute Gasteiger partial charge is 0.328 e. The van der Waals surface area contributed by atoms with Gasteiger partial charge in [0.15, 0.2) is 0 Å². The molecule has 1 saturated heterocycles. The number of hydrogen-bond donors (Lipinski definition) is 4. The third-order valence-corrected chi connectivity index (χ3v) is 8.20. The fourth-order valence-electron chi connectivity index (χ4n) is 4.91. The summed E-state index contributed by atoms with van der Waals surface area (Å²) in [5, 5.41) is 2.60. The minimum Gasteiger partial charge on any atom is -0.328 e. The van der Waals surface area contributed by atoms with E-state index in [2.05, 4.69) is 20.5 Å². The summed E-state index contributed by atoms with van der Waals surface area (Å²) in [5.41, 5.74) is 8.14. The highest BCUT2D eigenvalue weighted by Crippen LogP contribution is 2.37. The second kappa shape index (κ2) is 9.74. The summed E-state index contributed by atoms with van der Waals surface area (Å²) in [5.74, 6) is -1.70. The molecule has 168 valence electrons. The topological polar surface area (TPSA) is 117 Å². The Bertz CT molecular complexity index is 684. The van der Waals surface area contributed by atoms with Crippen molar-refractivity contribution in [3.8, 4) is 0 Å². The highest BCUT2D eigenvalue weighted by Gasteiger charge is 2.44. The van der Waals surface area contributed by atoms with Crippen LogP contribution in [0.4, 0.5) is 4.39 Å². The summed E-state index contributed by atoms with van der Waals surface area (Å²) in [6, 6.07) is 0.171. The van der Waals surface area contributed by atoms with Crippen LogP contribution in [0.3, 0.4) is 0 Å². The third kappa shape index (κ3) is 6.24. The van der Waals surface area contributed by atoms with Gasteiger partial charge < -0.3 is 5.73 Å². The fraction of sp³-hybridized carbons (Fsp3) is 0.944. The van der Waals surface area contributed by atoms with Crippen molar-refractivity contribution in [3.05, 3.63) is 0 Å². The van der Waals surface area contributed by atoms with Crippen LogP contribution in [-0.2, 0) is 14.8 Å². The van der Waals surface area contributed by atoms with Crippen molar-refractivity contribution in [3.63, 3.8) is 0 Å². The first-order valence-electron chi connectivity index (χ1n) is 10.4. The molecule has 3 fully saturated rings. The Morgan fingerprint density at radius 3 is 2.72 bits per heavy atom. The van der Waals surface area contributed by atoms with Crippen LogP contribution in [0.2, 0.25) is 0 Å². The molecule has 11 heteroatoms. The summed E-state index contributed by atoms with van der Waals surface area (Å²) in [4.78, 5) is 16.8. The molecule has 3 aliphatic rings. The lowest BCUT2D eigenvalue weighted by Gasteiger charge is -2.37. The Hall–Kier alpha value is -0.520. The van der Waals surface area contributed by atoms with Crippen molar-refractivity contribution in [1.82, 2.24) is 20.5 Å². The van der Waals surface area contributed by atoms with Crippen LogP contribution in [-0.4, -0.2) is 68.9 Å². The predicted molar refractivity (Wildman–Crippen MR) is 110 cm³/mol. The van der Waals surface area contributed by atoms with E-state index in [0.29, 0.717) is 19.3 Å². The van der Waals surface area contributed by atoms with Gasteiger partial charge in [0, 0.05) is 25.3 Å². The number of nitrogens with one attached hydrogen (secondary N) is 3. The summed E-state index contributed by atoms with van der Waals surface area (Å²) in [6.45, 7) is 1.56. The molecule has 7 atom stereocenters. The number of rotatable bonds is 6. The zero-order valence-corrected chi connectivity index (χ0v) is 18.4. The van der Waals surface area contributed by atoms with E-state index in [1.165, 1.54) is 0 Å². The molecule has 0 aromatic rings. The van der Waals surface area contributed by atoms with Gasteiger partial charge in [0.2, 0.25) is 15.9 Å². The summed E-state index contributed by atoms with van der Waals surface area (Å²) < 4.78 is 39.3. The number of hydrogen-bond acceptors (Lipinski definition) is 6. The summed E-state index contributed by atoms with van der Waals surface area (Å²) in [6.07, 6.45) is 2.59. The van der Waals surface area contributed by atoms with Gasteiger partial charge in [-0.2, -0.15) is 0 Å². The van der Waals surface area contributed by atoms with Gasteiger partial charge in [-0.15, -0.1) is 16.4 Å². The first-order valence-corrected chi connectivity index (χ1v) is 12.5. The standard InChI is InChI=1S/C18H33ClFN5O3S/c1-25-8-16(22-10-25)12-6-14(17(20)15(19)7-12)18(26)23-24-29(27,28)9-11-3-2-4-13(21)5-11/h11-17,22,24H,2-10,21H2,1H3,(H,23,26). The Labute approximate surface area is 177 Å². The molecule has 2 aliphatic carbocycles. The smallest absolute Gasteiger partial charge is 0.241 e. The average Bonchev–Trinajstić information content (AvgIpc) is 3.08. The molecule has 0 aromatic heterocycles. The molecule has 1 heterocycles. The van der Waals surface area contributed by atoms with E-state index in [9.17, 15) is 17.6 Å². The number of halogens is 2. The van der Waals surface area contributed by atoms with Crippen LogP contribution >= 0.6 is 11.6 Å². The average molecular weight is 454 g/mol. The van der Waals surface area contributed by atoms with Gasteiger partial charge in [0.1, 0.15) is 6.17 Å². The maximum atomic E-state index is 14.6. The number of amides is 1. The molecule has 2 saturated carbocycles. The van der Waals surface area contributed by atoms with Crippen LogP contribution in [0.1, 0.15) is 38.5 Å².